The van der Waals surface area contributed by atoms with Gasteiger partial charge in [0.1, 0.15) is 24.4 Å². The SMILES string of the molecule is CCO[C@@H]1C[C@H]([C@H]2O[C@@H]3OC(C)(C)O[C@@H]3[C@H]3OC(C)(C)O[C@H]32)[C@@H](O)[C@H](CO)O1. The third kappa shape index (κ3) is 3.73. The van der Waals surface area contributed by atoms with Crippen LogP contribution in [-0.4, -0.2) is 84.2 Å². The van der Waals surface area contributed by atoms with E-state index in [0.717, 1.165) is 0 Å². The second kappa shape index (κ2) is 7.40. The van der Waals surface area contributed by atoms with Crippen LogP contribution in [0.1, 0.15) is 41.0 Å². The molecule has 2 N–H and O–H groups in total. The molecule has 4 fully saturated rings. The van der Waals surface area contributed by atoms with E-state index in [1.54, 1.807) is 0 Å². The minimum absolute atomic E-state index is 0.316. The third-order valence-corrected chi connectivity index (χ3v) is 5.76. The number of aliphatic hydroxyl groups is 2. The summed E-state index contributed by atoms with van der Waals surface area (Å²) >= 11 is 0. The number of hydrogen-bond acceptors (Lipinski definition) is 9. The van der Waals surface area contributed by atoms with Crippen LogP contribution in [-0.2, 0) is 33.2 Å². The van der Waals surface area contributed by atoms with Gasteiger partial charge in [-0.3, -0.25) is 0 Å². The highest BCUT2D eigenvalue weighted by Crippen LogP contribution is 2.47. The minimum Gasteiger partial charge on any atom is -0.394 e. The fourth-order valence-electron chi connectivity index (χ4n) is 4.73. The lowest BCUT2D eigenvalue weighted by Gasteiger charge is -2.46. The Morgan fingerprint density at radius 2 is 1.50 bits per heavy atom. The van der Waals surface area contributed by atoms with E-state index in [9.17, 15) is 10.2 Å². The van der Waals surface area contributed by atoms with E-state index in [1.807, 2.05) is 34.6 Å². The minimum atomic E-state index is -0.938. The molecule has 9 atom stereocenters. The van der Waals surface area contributed by atoms with Crippen LogP contribution in [0.4, 0.5) is 0 Å². The van der Waals surface area contributed by atoms with Gasteiger partial charge in [0.05, 0.1) is 18.8 Å². The maximum Gasteiger partial charge on any atom is 0.190 e. The second-order valence-electron chi connectivity index (χ2n) is 8.77. The Balaban J connectivity index is 1.62. The van der Waals surface area contributed by atoms with Crippen LogP contribution in [0.15, 0.2) is 0 Å². The quantitative estimate of drug-likeness (QED) is 0.693. The number of fused-ring (bicyclic) bond motifs is 3. The lowest BCUT2D eigenvalue weighted by molar-refractivity contribution is -0.293. The lowest BCUT2D eigenvalue weighted by Crippen LogP contribution is -2.62. The van der Waals surface area contributed by atoms with Gasteiger partial charge in [-0.1, -0.05) is 0 Å². The highest BCUT2D eigenvalue weighted by atomic mass is 16.9. The van der Waals surface area contributed by atoms with Crippen molar-refractivity contribution < 1.29 is 43.4 Å². The van der Waals surface area contributed by atoms with Crippen molar-refractivity contribution in [2.45, 2.75) is 102 Å². The molecule has 0 aliphatic carbocycles. The highest BCUT2D eigenvalue weighted by Gasteiger charge is 2.63. The van der Waals surface area contributed by atoms with Crippen molar-refractivity contribution in [3.63, 3.8) is 0 Å². The van der Waals surface area contributed by atoms with Crippen LogP contribution in [0.5, 0.6) is 0 Å². The first-order valence-corrected chi connectivity index (χ1v) is 10.1. The Kier molecular flexibility index (Phi) is 5.52. The summed E-state index contributed by atoms with van der Waals surface area (Å²) in [5, 5.41) is 20.5. The van der Waals surface area contributed by atoms with Crippen LogP contribution >= 0.6 is 0 Å². The molecule has 0 aromatic heterocycles. The second-order valence-corrected chi connectivity index (χ2v) is 8.77. The van der Waals surface area contributed by atoms with E-state index in [0.29, 0.717) is 13.0 Å². The van der Waals surface area contributed by atoms with Gasteiger partial charge in [-0.15, -0.1) is 0 Å². The summed E-state index contributed by atoms with van der Waals surface area (Å²) in [4.78, 5) is 0. The van der Waals surface area contributed by atoms with E-state index in [1.165, 1.54) is 0 Å². The molecule has 4 saturated heterocycles. The molecule has 0 aromatic rings. The van der Waals surface area contributed by atoms with Crippen molar-refractivity contribution in [1.29, 1.82) is 0 Å². The molecule has 0 amide bonds. The molecule has 0 radical (unpaired) electrons. The van der Waals surface area contributed by atoms with Gasteiger partial charge in [-0.25, -0.2) is 0 Å². The van der Waals surface area contributed by atoms with Crippen LogP contribution in [0.25, 0.3) is 0 Å². The van der Waals surface area contributed by atoms with Crippen molar-refractivity contribution in [1.82, 2.24) is 0 Å². The maximum atomic E-state index is 10.9. The van der Waals surface area contributed by atoms with Crippen LogP contribution in [0.3, 0.4) is 0 Å². The van der Waals surface area contributed by atoms with Crippen molar-refractivity contribution >= 4 is 0 Å². The van der Waals surface area contributed by atoms with Gasteiger partial charge >= 0.3 is 0 Å². The first-order valence-electron chi connectivity index (χ1n) is 10.1. The van der Waals surface area contributed by atoms with Gasteiger partial charge in [-0.2, -0.15) is 0 Å². The molecular formula is C19H32O9. The van der Waals surface area contributed by atoms with Gasteiger partial charge < -0.3 is 43.4 Å². The number of rotatable bonds is 4. The van der Waals surface area contributed by atoms with E-state index in [2.05, 4.69) is 0 Å². The summed E-state index contributed by atoms with van der Waals surface area (Å²) in [7, 11) is 0. The van der Waals surface area contributed by atoms with Gasteiger partial charge in [0, 0.05) is 18.9 Å². The van der Waals surface area contributed by atoms with Gasteiger partial charge in [0.15, 0.2) is 24.2 Å². The molecule has 0 bridgehead atoms. The number of hydrogen-bond donors (Lipinski definition) is 2. The first-order chi connectivity index (χ1) is 13.1. The standard InChI is InChI=1S/C19H32O9/c1-6-22-11-7-9(12(21)10(8-20)23-11)13-14-15(26-18(2,3)25-14)16-17(24-13)28-19(4,5)27-16/h9-17,20-21H,6-8H2,1-5H3/t9-,10-,11-,12+,13+,14-,15-,16+,17+/m0/s1. The van der Waals surface area contributed by atoms with Crippen LogP contribution in [0.2, 0.25) is 0 Å². The Hall–Kier alpha value is -0.360. The Labute approximate surface area is 165 Å². The molecule has 9 heteroatoms. The Morgan fingerprint density at radius 3 is 2.14 bits per heavy atom. The third-order valence-electron chi connectivity index (χ3n) is 5.76. The largest absolute Gasteiger partial charge is 0.394 e. The number of aliphatic hydroxyl groups excluding tert-OH is 2. The fraction of sp³-hybridized carbons (Fsp3) is 1.00. The summed E-state index contributed by atoms with van der Waals surface area (Å²) in [5.41, 5.74) is 0. The molecule has 4 aliphatic rings. The monoisotopic (exact) mass is 404 g/mol. The smallest absolute Gasteiger partial charge is 0.190 e. The maximum absolute atomic E-state index is 10.9. The predicted molar refractivity (Wildman–Crippen MR) is 94.0 cm³/mol. The summed E-state index contributed by atoms with van der Waals surface area (Å²) < 4.78 is 41.9. The molecule has 162 valence electrons. The molecule has 4 aliphatic heterocycles. The number of ether oxygens (including phenoxy) is 7. The molecule has 9 nitrogen and oxygen atoms in total. The van der Waals surface area contributed by atoms with E-state index in [-0.39, 0.29) is 12.5 Å². The van der Waals surface area contributed by atoms with E-state index < -0.39 is 60.8 Å². The lowest BCUT2D eigenvalue weighted by atomic mass is 9.81. The van der Waals surface area contributed by atoms with Gasteiger partial charge in [0.25, 0.3) is 0 Å². The fourth-order valence-corrected chi connectivity index (χ4v) is 4.73. The van der Waals surface area contributed by atoms with Crippen LogP contribution in [0, 0.1) is 5.92 Å². The van der Waals surface area contributed by atoms with E-state index >= 15 is 0 Å². The van der Waals surface area contributed by atoms with Crippen molar-refractivity contribution in [2.24, 2.45) is 5.92 Å². The average molecular weight is 404 g/mol. The molecule has 0 aromatic carbocycles. The van der Waals surface area contributed by atoms with E-state index in [4.69, 9.17) is 33.2 Å². The summed E-state index contributed by atoms with van der Waals surface area (Å²) in [6, 6.07) is 0. The van der Waals surface area contributed by atoms with Gasteiger partial charge in [0.2, 0.25) is 0 Å². The molecular weight excluding hydrogens is 372 g/mol. The summed E-state index contributed by atoms with van der Waals surface area (Å²) in [5.74, 6) is -2.00. The van der Waals surface area contributed by atoms with Crippen molar-refractivity contribution in [2.75, 3.05) is 13.2 Å². The zero-order chi connectivity index (χ0) is 20.3. The zero-order valence-electron chi connectivity index (χ0n) is 17.1. The topological polar surface area (TPSA) is 105 Å². The summed E-state index contributed by atoms with van der Waals surface area (Å²) in [6.07, 6.45) is -4.26. The Bertz CT molecular complexity index is 568. The molecule has 0 saturated carbocycles. The average Bonchev–Trinajstić information content (AvgIpc) is 3.09. The van der Waals surface area contributed by atoms with Crippen LogP contribution < -0.4 is 0 Å². The normalized spacial score (nSPS) is 49.6. The zero-order valence-corrected chi connectivity index (χ0v) is 17.1. The first kappa shape index (κ1) is 20.9. The van der Waals surface area contributed by atoms with Gasteiger partial charge in [-0.05, 0) is 34.6 Å². The van der Waals surface area contributed by atoms with Crippen molar-refractivity contribution in [3.05, 3.63) is 0 Å². The highest BCUT2D eigenvalue weighted by molar-refractivity contribution is 5.04. The summed E-state index contributed by atoms with van der Waals surface area (Å²) in [6.45, 7) is 9.37. The Morgan fingerprint density at radius 1 is 0.893 bits per heavy atom. The predicted octanol–water partition coefficient (Wildman–Crippen LogP) is 0.504. The molecule has 4 heterocycles. The molecule has 0 spiro atoms. The molecule has 4 rings (SSSR count). The molecule has 0 unspecified atom stereocenters. The molecule has 28 heavy (non-hydrogen) atoms. The van der Waals surface area contributed by atoms with Crippen molar-refractivity contribution in [3.8, 4) is 0 Å².